The van der Waals surface area contributed by atoms with E-state index in [0.717, 1.165) is 33.2 Å². The number of benzene rings is 3. The van der Waals surface area contributed by atoms with E-state index in [0.29, 0.717) is 5.69 Å². The fraction of sp³-hybridized carbons (Fsp3) is 0.364. The number of likely N-dealkylation sites (N-methyl/N-ethyl adjacent to an activating group) is 1. The van der Waals surface area contributed by atoms with Gasteiger partial charge >= 0.3 is 0 Å². The number of para-hydroxylation sites is 1. The van der Waals surface area contributed by atoms with E-state index < -0.39 is 22.2 Å². The highest BCUT2D eigenvalue weighted by Gasteiger charge is 2.34. The number of carbonyl (C=O) groups is 1. The zero-order valence-corrected chi connectivity index (χ0v) is 25.6. The monoisotopic (exact) mass is 589 g/mol. The number of aromatic nitrogens is 1. The Morgan fingerprint density at radius 2 is 1.71 bits per heavy atom. The van der Waals surface area contributed by atoms with Crippen LogP contribution in [-0.2, 0) is 28.4 Å². The van der Waals surface area contributed by atoms with E-state index in [9.17, 15) is 18.3 Å². The third-order valence-electron chi connectivity index (χ3n) is 8.39. The molecule has 4 aromatic rings. The molecule has 1 N–H and O–H groups in total. The standard InChI is InChI=1S/C33H39N3O5S/c1-22-14-16-26(17-15-22)42(39,40)34(4)19-30-23(2)18-36(24(3)20-37)33(38)32-31(27-11-7-6-10-25(27)21-41-30)28-12-8-9-13-29(28)35(32)5/h6-17,23-24,30,37H,18-21H2,1-5H3/t23-,24+,30-/m0/s1. The second-order valence-electron chi connectivity index (χ2n) is 11.4. The van der Waals surface area contributed by atoms with Crippen LogP contribution in [0.4, 0.5) is 0 Å². The van der Waals surface area contributed by atoms with Gasteiger partial charge in [0.15, 0.2) is 0 Å². The molecule has 3 aromatic carbocycles. The number of ether oxygens (including phenoxy) is 1. The molecule has 0 unspecified atom stereocenters. The van der Waals surface area contributed by atoms with Gasteiger partial charge in [0, 0.05) is 49.6 Å². The van der Waals surface area contributed by atoms with Crippen molar-refractivity contribution in [1.29, 1.82) is 0 Å². The number of nitrogens with zero attached hydrogens (tertiary/aromatic N) is 3. The van der Waals surface area contributed by atoms with Crippen LogP contribution in [0.2, 0.25) is 0 Å². The smallest absolute Gasteiger partial charge is 0.271 e. The first-order chi connectivity index (χ1) is 20.0. The molecule has 1 aliphatic rings. The average molecular weight is 590 g/mol. The molecule has 9 heteroatoms. The number of aryl methyl sites for hydroxylation is 2. The SMILES string of the molecule is Cc1ccc(S(=O)(=O)N(C)C[C@@H]2OCc3ccccc3-c3c(n(C)c4ccccc34)C(=O)N([C@H](C)CO)C[C@@H]2C)cc1. The Balaban J connectivity index is 1.60. The second kappa shape index (κ2) is 12.0. The first-order valence-corrected chi connectivity index (χ1v) is 15.7. The van der Waals surface area contributed by atoms with Gasteiger partial charge in [-0.1, -0.05) is 67.1 Å². The Morgan fingerprint density at radius 1 is 1.05 bits per heavy atom. The number of hydrogen-bond acceptors (Lipinski definition) is 5. The average Bonchev–Trinajstić information content (AvgIpc) is 3.28. The summed E-state index contributed by atoms with van der Waals surface area (Å²) in [6, 6.07) is 22.2. The lowest BCUT2D eigenvalue weighted by Crippen LogP contribution is -2.48. The zero-order chi connectivity index (χ0) is 30.2. The maximum Gasteiger partial charge on any atom is 0.271 e. The van der Waals surface area contributed by atoms with Gasteiger partial charge in [-0.2, -0.15) is 4.31 Å². The number of sulfonamides is 1. The minimum atomic E-state index is -3.76. The van der Waals surface area contributed by atoms with Crippen molar-refractivity contribution in [2.45, 2.75) is 44.4 Å². The Bertz CT molecular complexity index is 1700. The molecule has 0 saturated carbocycles. The number of aliphatic hydroxyl groups excluding tert-OH is 1. The van der Waals surface area contributed by atoms with Crippen molar-refractivity contribution in [3.63, 3.8) is 0 Å². The highest BCUT2D eigenvalue weighted by molar-refractivity contribution is 7.89. The second-order valence-corrected chi connectivity index (χ2v) is 13.4. The topological polar surface area (TPSA) is 92.1 Å². The lowest BCUT2D eigenvalue weighted by Gasteiger charge is -2.35. The van der Waals surface area contributed by atoms with Crippen LogP contribution in [0.25, 0.3) is 22.0 Å². The van der Waals surface area contributed by atoms with E-state index in [1.165, 1.54) is 4.31 Å². The van der Waals surface area contributed by atoms with E-state index in [2.05, 4.69) is 0 Å². The Kier molecular flexibility index (Phi) is 8.57. The molecular weight excluding hydrogens is 550 g/mol. The van der Waals surface area contributed by atoms with Crippen molar-refractivity contribution in [1.82, 2.24) is 13.8 Å². The predicted molar refractivity (Wildman–Crippen MR) is 165 cm³/mol. The van der Waals surface area contributed by atoms with Gasteiger partial charge < -0.3 is 19.3 Å². The fourth-order valence-electron chi connectivity index (χ4n) is 5.77. The van der Waals surface area contributed by atoms with Crippen LogP contribution in [0.15, 0.2) is 77.7 Å². The van der Waals surface area contributed by atoms with E-state index in [1.807, 2.05) is 80.9 Å². The van der Waals surface area contributed by atoms with Crippen LogP contribution >= 0.6 is 0 Å². The van der Waals surface area contributed by atoms with Crippen LogP contribution in [0, 0.1) is 12.8 Å². The normalized spacial score (nSPS) is 18.9. The molecule has 42 heavy (non-hydrogen) atoms. The molecule has 222 valence electrons. The Morgan fingerprint density at radius 3 is 2.43 bits per heavy atom. The van der Waals surface area contributed by atoms with Gasteiger partial charge in [-0.05, 0) is 43.2 Å². The van der Waals surface area contributed by atoms with Crippen molar-refractivity contribution in [2.24, 2.45) is 13.0 Å². The number of fused-ring (bicyclic) bond motifs is 5. The van der Waals surface area contributed by atoms with Gasteiger partial charge in [0.25, 0.3) is 5.91 Å². The Hall–Kier alpha value is -3.50. The summed E-state index contributed by atoms with van der Waals surface area (Å²) in [6.07, 6.45) is -0.526. The van der Waals surface area contributed by atoms with Crippen molar-refractivity contribution >= 4 is 26.8 Å². The zero-order valence-electron chi connectivity index (χ0n) is 24.8. The summed E-state index contributed by atoms with van der Waals surface area (Å²) in [5, 5.41) is 11.2. The lowest BCUT2D eigenvalue weighted by atomic mass is 9.96. The fourth-order valence-corrected chi connectivity index (χ4v) is 6.95. The first-order valence-electron chi connectivity index (χ1n) is 14.3. The molecule has 1 amide bonds. The molecule has 0 saturated heterocycles. The molecule has 5 rings (SSSR count). The van der Waals surface area contributed by atoms with E-state index in [-0.39, 0.29) is 43.0 Å². The summed E-state index contributed by atoms with van der Waals surface area (Å²) in [7, 11) is -0.303. The van der Waals surface area contributed by atoms with Crippen molar-refractivity contribution in [3.8, 4) is 11.1 Å². The molecule has 1 aromatic heterocycles. The molecule has 2 heterocycles. The molecule has 0 fully saturated rings. The van der Waals surface area contributed by atoms with Gasteiger partial charge in [-0.3, -0.25) is 4.79 Å². The molecule has 0 spiro atoms. The summed E-state index contributed by atoms with van der Waals surface area (Å²) >= 11 is 0. The van der Waals surface area contributed by atoms with Gasteiger partial charge in [0.1, 0.15) is 5.69 Å². The van der Waals surface area contributed by atoms with Gasteiger partial charge in [0.05, 0.1) is 30.3 Å². The van der Waals surface area contributed by atoms with Crippen LogP contribution in [0.1, 0.15) is 35.5 Å². The molecule has 0 bridgehead atoms. The molecule has 0 radical (unpaired) electrons. The molecule has 8 nitrogen and oxygen atoms in total. The van der Waals surface area contributed by atoms with E-state index in [4.69, 9.17) is 4.74 Å². The number of carbonyl (C=O) groups excluding carboxylic acids is 1. The van der Waals surface area contributed by atoms with Crippen LogP contribution in [-0.4, -0.2) is 72.1 Å². The molecule has 0 aliphatic carbocycles. The van der Waals surface area contributed by atoms with Crippen LogP contribution < -0.4 is 0 Å². The molecule has 3 atom stereocenters. The lowest BCUT2D eigenvalue weighted by molar-refractivity contribution is -0.0147. The number of aliphatic hydroxyl groups is 1. The van der Waals surface area contributed by atoms with Crippen LogP contribution in [0.3, 0.4) is 0 Å². The number of amides is 1. The maximum atomic E-state index is 14.5. The summed E-state index contributed by atoms with van der Waals surface area (Å²) < 4.78 is 36.8. The highest BCUT2D eigenvalue weighted by atomic mass is 32.2. The predicted octanol–water partition coefficient (Wildman–Crippen LogP) is 4.83. The van der Waals surface area contributed by atoms with Gasteiger partial charge in [-0.15, -0.1) is 0 Å². The highest BCUT2D eigenvalue weighted by Crippen LogP contribution is 2.38. The third-order valence-corrected chi connectivity index (χ3v) is 10.2. The number of rotatable bonds is 6. The summed E-state index contributed by atoms with van der Waals surface area (Å²) in [4.78, 5) is 16.4. The summed E-state index contributed by atoms with van der Waals surface area (Å²) in [5.74, 6) is -0.435. The first kappa shape index (κ1) is 30.0. The quantitative estimate of drug-likeness (QED) is 0.348. The van der Waals surface area contributed by atoms with E-state index >= 15 is 0 Å². The van der Waals surface area contributed by atoms with Gasteiger partial charge in [-0.25, -0.2) is 8.42 Å². The minimum absolute atomic E-state index is 0.102. The van der Waals surface area contributed by atoms with Crippen molar-refractivity contribution in [2.75, 3.05) is 26.7 Å². The third kappa shape index (κ3) is 5.49. The number of hydrogen-bond donors (Lipinski definition) is 1. The molecule has 1 aliphatic heterocycles. The van der Waals surface area contributed by atoms with Gasteiger partial charge in [0.2, 0.25) is 10.0 Å². The van der Waals surface area contributed by atoms with Crippen molar-refractivity contribution in [3.05, 3.63) is 89.6 Å². The van der Waals surface area contributed by atoms with Crippen molar-refractivity contribution < 1.29 is 23.1 Å². The van der Waals surface area contributed by atoms with Crippen LogP contribution in [0.5, 0.6) is 0 Å². The maximum absolute atomic E-state index is 14.5. The largest absolute Gasteiger partial charge is 0.394 e. The Labute approximate surface area is 248 Å². The minimum Gasteiger partial charge on any atom is -0.394 e. The van der Waals surface area contributed by atoms with E-state index in [1.54, 1.807) is 36.2 Å². The molecular formula is C33H39N3O5S. The summed E-state index contributed by atoms with van der Waals surface area (Å²) in [6.45, 7) is 6.12. The summed E-state index contributed by atoms with van der Waals surface area (Å²) in [5.41, 5.74) is 5.10.